The molecule has 2 aromatic carbocycles. The molecule has 1 N–H and O–H groups in total. The highest BCUT2D eigenvalue weighted by molar-refractivity contribution is 5.94. The van der Waals surface area contributed by atoms with Crippen molar-refractivity contribution in [2.75, 3.05) is 44.7 Å². The van der Waals surface area contributed by atoms with Gasteiger partial charge >= 0.3 is 6.09 Å². The fraction of sp³-hybridized carbons (Fsp3) is 0.462. The van der Waals surface area contributed by atoms with Gasteiger partial charge in [0.1, 0.15) is 5.82 Å². The Hall–Kier alpha value is -2.90. The van der Waals surface area contributed by atoms with Gasteiger partial charge in [0.25, 0.3) is 0 Å². The molecule has 1 aromatic heterocycles. The zero-order valence-corrected chi connectivity index (χ0v) is 19.6. The predicted molar refractivity (Wildman–Crippen MR) is 131 cm³/mol. The molecular formula is C26H33N5O2. The van der Waals surface area contributed by atoms with Gasteiger partial charge in [0.15, 0.2) is 0 Å². The Morgan fingerprint density at radius 3 is 2.55 bits per heavy atom. The first kappa shape index (κ1) is 21.9. The number of hydrogen-bond donors (Lipinski definition) is 1. The van der Waals surface area contributed by atoms with E-state index in [4.69, 9.17) is 4.98 Å². The molecule has 0 spiro atoms. The molecule has 174 valence electrons. The van der Waals surface area contributed by atoms with E-state index < -0.39 is 6.09 Å². The molecule has 2 aliphatic rings. The Morgan fingerprint density at radius 1 is 1.06 bits per heavy atom. The Morgan fingerprint density at radius 2 is 1.82 bits per heavy atom. The molecule has 1 amide bonds. The summed E-state index contributed by atoms with van der Waals surface area (Å²) in [6, 6.07) is 14.5. The maximum Gasteiger partial charge on any atom is 0.412 e. The molecule has 0 bridgehead atoms. The maximum atomic E-state index is 12.0. The number of piperazine rings is 1. The maximum absolute atomic E-state index is 12.0. The van der Waals surface area contributed by atoms with Crippen molar-refractivity contribution >= 4 is 22.8 Å². The van der Waals surface area contributed by atoms with E-state index in [0.717, 1.165) is 86.6 Å². The van der Waals surface area contributed by atoms with Gasteiger partial charge < -0.3 is 14.6 Å². The van der Waals surface area contributed by atoms with Gasteiger partial charge in [-0.25, -0.2) is 9.78 Å². The number of anilines is 1. The predicted octanol–water partition coefficient (Wildman–Crippen LogP) is 3.69. The lowest BCUT2D eigenvalue weighted by Gasteiger charge is -2.33. The summed E-state index contributed by atoms with van der Waals surface area (Å²) >= 11 is 0. The summed E-state index contributed by atoms with van der Waals surface area (Å²) < 4.78 is 2.37. The SMILES string of the molecule is C[C@H]1CCc2c(ccc3c2nc(Cc2ccccc2)n3CCN2CCN(C)CC2)N1C(=O)O. The van der Waals surface area contributed by atoms with Crippen LogP contribution in [0.3, 0.4) is 0 Å². The molecule has 3 heterocycles. The normalized spacial score (nSPS) is 19.7. The molecule has 33 heavy (non-hydrogen) atoms. The van der Waals surface area contributed by atoms with E-state index in [2.05, 4.69) is 51.7 Å². The number of hydrogen-bond acceptors (Lipinski definition) is 4. The lowest BCUT2D eigenvalue weighted by molar-refractivity contribution is 0.150. The van der Waals surface area contributed by atoms with Crippen molar-refractivity contribution in [1.82, 2.24) is 19.4 Å². The van der Waals surface area contributed by atoms with Crippen LogP contribution in [0, 0.1) is 0 Å². The molecular weight excluding hydrogens is 414 g/mol. The summed E-state index contributed by atoms with van der Waals surface area (Å²) in [6.07, 6.45) is 1.56. The van der Waals surface area contributed by atoms with Crippen molar-refractivity contribution < 1.29 is 9.90 Å². The van der Waals surface area contributed by atoms with Crippen LogP contribution in [0.1, 0.15) is 30.3 Å². The minimum Gasteiger partial charge on any atom is -0.465 e. The first-order valence-corrected chi connectivity index (χ1v) is 12.0. The second-order valence-corrected chi connectivity index (χ2v) is 9.46. The number of aromatic nitrogens is 2. The monoisotopic (exact) mass is 447 g/mol. The summed E-state index contributed by atoms with van der Waals surface area (Å²) in [6.45, 7) is 8.28. The molecule has 3 aromatic rings. The average Bonchev–Trinajstić information content (AvgIpc) is 3.16. The van der Waals surface area contributed by atoms with Crippen molar-refractivity contribution in [3.8, 4) is 0 Å². The Bertz CT molecular complexity index is 1130. The molecule has 1 atom stereocenters. The van der Waals surface area contributed by atoms with Crippen molar-refractivity contribution in [2.24, 2.45) is 0 Å². The number of amides is 1. The smallest absolute Gasteiger partial charge is 0.412 e. The highest BCUT2D eigenvalue weighted by atomic mass is 16.4. The standard InChI is InChI=1S/C26H33N5O2/c1-19-8-9-21-22(31(19)26(32)33)10-11-23-25(21)27-24(18-20-6-4-3-5-7-20)30(23)17-16-29-14-12-28(2)13-15-29/h3-7,10-11,19H,8-9,12-18H2,1-2H3,(H,32,33)/t19-/m0/s1. The number of fused-ring (bicyclic) bond motifs is 3. The molecule has 1 saturated heterocycles. The van der Waals surface area contributed by atoms with E-state index in [1.165, 1.54) is 10.5 Å². The quantitative estimate of drug-likeness (QED) is 0.646. The number of likely N-dealkylation sites (N-methyl/N-ethyl adjacent to an activating group) is 1. The molecule has 1 fully saturated rings. The van der Waals surface area contributed by atoms with Gasteiger partial charge in [0.2, 0.25) is 0 Å². The van der Waals surface area contributed by atoms with Crippen LogP contribution in [0.2, 0.25) is 0 Å². The third-order valence-corrected chi connectivity index (χ3v) is 7.24. The number of benzene rings is 2. The first-order valence-electron chi connectivity index (χ1n) is 12.0. The number of imidazole rings is 1. The van der Waals surface area contributed by atoms with Crippen LogP contribution in [-0.2, 0) is 19.4 Å². The van der Waals surface area contributed by atoms with Gasteiger partial charge in [0.05, 0.1) is 16.7 Å². The Labute approximate surface area is 195 Å². The van der Waals surface area contributed by atoms with E-state index >= 15 is 0 Å². The van der Waals surface area contributed by atoms with Gasteiger partial charge in [-0.05, 0) is 44.5 Å². The van der Waals surface area contributed by atoms with Crippen LogP contribution in [0.5, 0.6) is 0 Å². The lowest BCUT2D eigenvalue weighted by atomic mass is 9.96. The molecule has 7 nitrogen and oxygen atoms in total. The second kappa shape index (κ2) is 9.15. The van der Waals surface area contributed by atoms with Crippen molar-refractivity contribution in [3.05, 3.63) is 59.4 Å². The average molecular weight is 448 g/mol. The Balaban J connectivity index is 1.53. The van der Waals surface area contributed by atoms with Crippen molar-refractivity contribution in [3.63, 3.8) is 0 Å². The lowest BCUT2D eigenvalue weighted by Crippen LogP contribution is -2.45. The zero-order valence-electron chi connectivity index (χ0n) is 19.6. The minimum absolute atomic E-state index is 0.0180. The van der Waals surface area contributed by atoms with Gasteiger partial charge in [-0.3, -0.25) is 9.80 Å². The van der Waals surface area contributed by atoms with Crippen LogP contribution in [0.25, 0.3) is 11.0 Å². The fourth-order valence-corrected chi connectivity index (χ4v) is 5.24. The number of carbonyl (C=O) groups is 1. The van der Waals surface area contributed by atoms with Crippen LogP contribution < -0.4 is 4.90 Å². The zero-order chi connectivity index (χ0) is 22.9. The largest absolute Gasteiger partial charge is 0.465 e. The van der Waals surface area contributed by atoms with Crippen LogP contribution in [0.15, 0.2) is 42.5 Å². The molecule has 0 saturated carbocycles. The fourth-order valence-electron chi connectivity index (χ4n) is 5.24. The van der Waals surface area contributed by atoms with E-state index in [1.807, 2.05) is 19.1 Å². The third-order valence-electron chi connectivity index (χ3n) is 7.24. The number of rotatable bonds is 5. The highest BCUT2D eigenvalue weighted by Crippen LogP contribution is 2.36. The van der Waals surface area contributed by atoms with E-state index in [0.29, 0.717) is 0 Å². The highest BCUT2D eigenvalue weighted by Gasteiger charge is 2.30. The second-order valence-electron chi connectivity index (χ2n) is 9.46. The Kier molecular flexibility index (Phi) is 6.08. The van der Waals surface area contributed by atoms with Gasteiger partial charge in [-0.2, -0.15) is 0 Å². The topological polar surface area (TPSA) is 64.8 Å². The van der Waals surface area contributed by atoms with Gasteiger partial charge in [-0.1, -0.05) is 30.3 Å². The number of carboxylic acid groups (broad SMARTS) is 1. The molecule has 0 aliphatic carbocycles. The minimum atomic E-state index is -0.887. The summed E-state index contributed by atoms with van der Waals surface area (Å²) in [7, 11) is 2.18. The summed E-state index contributed by atoms with van der Waals surface area (Å²) in [4.78, 5) is 23.5. The van der Waals surface area contributed by atoms with Crippen LogP contribution >= 0.6 is 0 Å². The van der Waals surface area contributed by atoms with E-state index in [9.17, 15) is 9.90 Å². The molecule has 2 aliphatic heterocycles. The summed E-state index contributed by atoms with van der Waals surface area (Å²) in [5.74, 6) is 1.05. The van der Waals surface area contributed by atoms with Crippen molar-refractivity contribution in [2.45, 2.75) is 38.8 Å². The van der Waals surface area contributed by atoms with Gasteiger partial charge in [0, 0.05) is 57.3 Å². The first-order chi connectivity index (χ1) is 16.0. The van der Waals surface area contributed by atoms with Crippen LogP contribution in [-0.4, -0.2) is 76.4 Å². The number of aryl methyl sites for hydroxylation is 1. The third kappa shape index (κ3) is 4.35. The van der Waals surface area contributed by atoms with Crippen molar-refractivity contribution in [1.29, 1.82) is 0 Å². The number of nitrogens with zero attached hydrogens (tertiary/aromatic N) is 5. The van der Waals surface area contributed by atoms with E-state index in [1.54, 1.807) is 0 Å². The molecule has 0 radical (unpaired) electrons. The summed E-state index contributed by atoms with van der Waals surface area (Å²) in [5, 5.41) is 9.82. The molecule has 7 heteroatoms. The van der Waals surface area contributed by atoms with E-state index in [-0.39, 0.29) is 6.04 Å². The van der Waals surface area contributed by atoms with Gasteiger partial charge in [-0.15, -0.1) is 0 Å². The molecule has 5 rings (SSSR count). The molecule has 0 unspecified atom stereocenters. The van der Waals surface area contributed by atoms with Crippen LogP contribution in [0.4, 0.5) is 10.5 Å². The summed E-state index contributed by atoms with van der Waals surface area (Å²) in [5.41, 5.74) is 5.19.